The fraction of sp³-hybridized carbons (Fsp3) is 0.680. The minimum Gasteiger partial charge on any atom is -0.384 e. The summed E-state index contributed by atoms with van der Waals surface area (Å²) >= 11 is 0. The highest BCUT2D eigenvalue weighted by molar-refractivity contribution is 5.65. The number of aliphatic hydroxyl groups excluding tert-OH is 1. The highest BCUT2D eigenvalue weighted by Gasteiger charge is 2.62. The van der Waals surface area contributed by atoms with E-state index < -0.39 is 24.5 Å². The van der Waals surface area contributed by atoms with Gasteiger partial charge >= 0.3 is 0 Å². The molecule has 2 N–H and O–H groups in total. The zero-order valence-corrected chi connectivity index (χ0v) is 38.2. The molecule has 2 saturated carbocycles. The number of fused-ring (bicyclic) bond motifs is 1. The van der Waals surface area contributed by atoms with Crippen molar-refractivity contribution in [2.45, 2.75) is 142 Å². The van der Waals surface area contributed by atoms with Crippen LogP contribution >= 0.6 is 0 Å². The average molecular weight is 867 g/mol. The van der Waals surface area contributed by atoms with E-state index in [-0.39, 0.29) is 29.8 Å². The molecule has 5 fully saturated rings. The summed E-state index contributed by atoms with van der Waals surface area (Å²) in [5.74, 6) is 3.05. The molecule has 4 aromatic rings. The summed E-state index contributed by atoms with van der Waals surface area (Å²) in [5, 5.41) is 40.9. The van der Waals surface area contributed by atoms with Crippen LogP contribution in [-0.2, 0) is 36.5 Å². The van der Waals surface area contributed by atoms with Crippen molar-refractivity contribution < 1.29 is 33.9 Å². The molecule has 15 unspecified atom stereocenters. The normalized spacial score (nSPS) is 35.5. The zero-order chi connectivity index (χ0) is 43.8. The summed E-state index contributed by atoms with van der Waals surface area (Å²) in [4.78, 5) is 0. The summed E-state index contributed by atoms with van der Waals surface area (Å²) in [7, 11) is 0. The number of ether oxygens (including phenoxy) is 5. The predicted molar refractivity (Wildman–Crippen MR) is 238 cm³/mol. The Hall–Kier alpha value is -3.56. The summed E-state index contributed by atoms with van der Waals surface area (Å²) in [6.07, 6.45) is 12.1. The first-order valence-corrected chi connectivity index (χ1v) is 24.1. The molecule has 5 heterocycles. The van der Waals surface area contributed by atoms with Crippen LogP contribution in [0.15, 0.2) is 60.9 Å². The lowest BCUT2D eigenvalue weighted by molar-refractivity contribution is -0.381. The predicted octanol–water partition coefficient (Wildman–Crippen LogP) is 7.98. The molecule has 342 valence electrons. The fourth-order valence-electron chi connectivity index (χ4n) is 12.2. The molecule has 3 aliphatic heterocycles. The lowest BCUT2D eigenvalue weighted by Crippen LogP contribution is -2.66. The van der Waals surface area contributed by atoms with Gasteiger partial charge in [-0.3, -0.25) is 0 Å². The van der Waals surface area contributed by atoms with Crippen LogP contribution in [0.25, 0.3) is 22.5 Å². The molecule has 0 radical (unpaired) electrons. The Bertz CT molecular complexity index is 2090. The van der Waals surface area contributed by atoms with E-state index in [0.717, 1.165) is 79.0 Å². The van der Waals surface area contributed by atoms with Crippen LogP contribution in [0, 0.1) is 53.3 Å². The SMILES string of the molecule is CC1CCC2C(C)CCC(C(C)C(O)OCCc3cn(-c4ccc(-c5ccc(-n6cc(CCOC7OC8OC(C)CCC9C(C)CCC(C7C)C89O)nn6)cc5)cc4)nn3)C2CO1. The molecule has 15 atom stereocenters. The second-order valence-electron chi connectivity index (χ2n) is 20.0. The molecule has 13 nitrogen and oxygen atoms in total. The molecule has 0 bridgehead atoms. The largest absolute Gasteiger partial charge is 0.384 e. The molecule has 0 amide bonds. The molecule has 2 aliphatic carbocycles. The molecule has 13 heteroatoms. The third kappa shape index (κ3) is 9.31. The van der Waals surface area contributed by atoms with Gasteiger partial charge in [-0.1, -0.05) is 68.8 Å². The van der Waals surface area contributed by atoms with Crippen LogP contribution in [-0.4, -0.2) is 96.7 Å². The van der Waals surface area contributed by atoms with Gasteiger partial charge in [0.25, 0.3) is 0 Å². The van der Waals surface area contributed by atoms with Crippen molar-refractivity contribution in [1.82, 2.24) is 30.0 Å². The highest BCUT2D eigenvalue weighted by Crippen LogP contribution is 2.55. The van der Waals surface area contributed by atoms with Gasteiger partial charge in [-0.2, -0.15) is 0 Å². The first-order valence-electron chi connectivity index (χ1n) is 24.1. The molecule has 9 rings (SSSR count). The quantitative estimate of drug-likeness (QED) is 0.126. The number of hydrogen-bond acceptors (Lipinski definition) is 11. The Labute approximate surface area is 373 Å². The summed E-state index contributed by atoms with van der Waals surface area (Å²) in [5.41, 5.74) is 4.68. The molecule has 5 aliphatic rings. The molecule has 3 saturated heterocycles. The summed E-state index contributed by atoms with van der Waals surface area (Å²) in [6, 6.07) is 16.5. The number of rotatable bonds is 13. The maximum absolute atomic E-state index is 12.1. The van der Waals surface area contributed by atoms with Crippen LogP contribution in [0.3, 0.4) is 0 Å². The number of benzene rings is 2. The van der Waals surface area contributed by atoms with Crippen LogP contribution in [0.1, 0.15) is 104 Å². The number of nitrogens with zero attached hydrogens (tertiary/aromatic N) is 6. The van der Waals surface area contributed by atoms with Crippen LogP contribution in [0.2, 0.25) is 0 Å². The first-order chi connectivity index (χ1) is 30.5. The van der Waals surface area contributed by atoms with E-state index in [0.29, 0.717) is 61.7 Å². The van der Waals surface area contributed by atoms with Crippen molar-refractivity contribution in [3.05, 3.63) is 72.3 Å². The van der Waals surface area contributed by atoms with Gasteiger partial charge in [0, 0.05) is 30.6 Å². The summed E-state index contributed by atoms with van der Waals surface area (Å²) in [6.45, 7) is 14.8. The topological polar surface area (TPSA) is 148 Å². The smallest absolute Gasteiger partial charge is 0.190 e. The third-order valence-electron chi connectivity index (χ3n) is 16.1. The molecular weight excluding hydrogens is 797 g/mol. The van der Waals surface area contributed by atoms with Gasteiger partial charge in [0.2, 0.25) is 0 Å². The molecular formula is C50H70N6O7. The van der Waals surface area contributed by atoms with E-state index in [1.807, 2.05) is 36.7 Å². The zero-order valence-electron chi connectivity index (χ0n) is 38.2. The monoisotopic (exact) mass is 867 g/mol. The fourth-order valence-corrected chi connectivity index (χ4v) is 12.2. The van der Waals surface area contributed by atoms with Gasteiger partial charge in [-0.15, -0.1) is 10.2 Å². The Morgan fingerprint density at radius 3 is 1.97 bits per heavy atom. The van der Waals surface area contributed by atoms with Crippen LogP contribution in [0.5, 0.6) is 0 Å². The lowest BCUT2D eigenvalue weighted by atomic mass is 9.58. The van der Waals surface area contributed by atoms with Crippen molar-refractivity contribution in [3.8, 4) is 22.5 Å². The second kappa shape index (κ2) is 19.1. The van der Waals surface area contributed by atoms with Crippen molar-refractivity contribution in [2.75, 3.05) is 19.8 Å². The maximum Gasteiger partial charge on any atom is 0.190 e. The van der Waals surface area contributed by atoms with Gasteiger partial charge in [0.05, 0.1) is 67.2 Å². The van der Waals surface area contributed by atoms with Gasteiger partial charge in [0.1, 0.15) is 5.60 Å². The van der Waals surface area contributed by atoms with Crippen molar-refractivity contribution in [1.29, 1.82) is 0 Å². The maximum atomic E-state index is 12.1. The van der Waals surface area contributed by atoms with Crippen molar-refractivity contribution >= 4 is 0 Å². The van der Waals surface area contributed by atoms with Gasteiger partial charge in [0.15, 0.2) is 18.9 Å². The first kappa shape index (κ1) is 44.6. The molecule has 0 spiro atoms. The van der Waals surface area contributed by atoms with E-state index in [9.17, 15) is 10.2 Å². The van der Waals surface area contributed by atoms with Gasteiger partial charge in [-0.25, -0.2) is 9.36 Å². The molecule has 63 heavy (non-hydrogen) atoms. The number of hydrogen-bond donors (Lipinski definition) is 2. The highest BCUT2D eigenvalue weighted by atomic mass is 16.8. The van der Waals surface area contributed by atoms with E-state index in [1.54, 1.807) is 9.36 Å². The number of aliphatic hydroxyl groups is 2. The Kier molecular flexibility index (Phi) is 13.5. The van der Waals surface area contributed by atoms with Gasteiger partial charge in [-0.05, 0) is 130 Å². The third-order valence-corrected chi connectivity index (χ3v) is 16.1. The summed E-state index contributed by atoms with van der Waals surface area (Å²) < 4.78 is 34.9. The van der Waals surface area contributed by atoms with E-state index in [2.05, 4.69) is 86.4 Å². The number of aromatic nitrogens is 6. The van der Waals surface area contributed by atoms with Crippen LogP contribution < -0.4 is 0 Å². The Morgan fingerprint density at radius 1 is 0.698 bits per heavy atom. The van der Waals surface area contributed by atoms with Crippen molar-refractivity contribution in [3.63, 3.8) is 0 Å². The lowest BCUT2D eigenvalue weighted by Gasteiger charge is -2.57. The van der Waals surface area contributed by atoms with Crippen molar-refractivity contribution in [2.24, 2.45) is 53.3 Å². The van der Waals surface area contributed by atoms with E-state index in [4.69, 9.17) is 23.7 Å². The van der Waals surface area contributed by atoms with Crippen LogP contribution in [0.4, 0.5) is 0 Å². The van der Waals surface area contributed by atoms with E-state index in [1.165, 1.54) is 12.8 Å². The molecule has 2 aromatic heterocycles. The Balaban J connectivity index is 0.740. The Morgan fingerprint density at radius 2 is 1.30 bits per heavy atom. The van der Waals surface area contributed by atoms with E-state index >= 15 is 0 Å². The minimum atomic E-state index is -0.975. The van der Waals surface area contributed by atoms with Gasteiger partial charge < -0.3 is 33.9 Å². The minimum absolute atomic E-state index is 0.0374. The molecule has 2 aromatic carbocycles. The second-order valence-corrected chi connectivity index (χ2v) is 20.0. The average Bonchev–Trinajstić information content (AvgIpc) is 3.89. The standard InChI is InChI=1S/C50H70N6O7/c1-30-7-19-43(44-29-61-32(3)9-20-42(30)44)34(5)47(57)59-25-23-38-27-55(53-51-38)40-15-11-36(12-16-40)37-13-17-41(18-14-37)56-28-39(52-54-56)24-26-60-48-35(6)46-21-8-31(2)45-22-10-33(4)62-49(63-48)50(45,46)58/h11-18,27-28,30-35,42-49,57-58H,7-10,19-26,29H2,1-6H3.